The van der Waals surface area contributed by atoms with Gasteiger partial charge in [-0.2, -0.15) is 0 Å². The second kappa shape index (κ2) is 6.93. The van der Waals surface area contributed by atoms with E-state index in [1.807, 2.05) is 0 Å². The fourth-order valence-corrected chi connectivity index (χ4v) is 4.10. The molecule has 2 unspecified atom stereocenters. The lowest BCUT2D eigenvalue weighted by atomic mass is 10.0. The van der Waals surface area contributed by atoms with E-state index >= 15 is 0 Å². The second-order valence-electron chi connectivity index (χ2n) is 6.90. The summed E-state index contributed by atoms with van der Waals surface area (Å²) >= 11 is 0. The van der Waals surface area contributed by atoms with Gasteiger partial charge in [-0.15, -0.1) is 0 Å². The van der Waals surface area contributed by atoms with Gasteiger partial charge < -0.3 is 5.32 Å². The van der Waals surface area contributed by atoms with E-state index in [0.717, 1.165) is 0 Å². The lowest BCUT2D eigenvalue weighted by Crippen LogP contribution is -2.44. The Labute approximate surface area is 129 Å². The van der Waals surface area contributed by atoms with Crippen LogP contribution in [0.25, 0.3) is 0 Å². The van der Waals surface area contributed by atoms with Gasteiger partial charge in [0.1, 0.15) is 0 Å². The zero-order valence-electron chi connectivity index (χ0n) is 13.7. The van der Waals surface area contributed by atoms with Crippen molar-refractivity contribution >= 4 is 0 Å². The van der Waals surface area contributed by atoms with E-state index in [0.29, 0.717) is 12.1 Å². The summed E-state index contributed by atoms with van der Waals surface area (Å²) in [6.07, 6.45) is 7.94. The molecular formula is C19H30N2. The van der Waals surface area contributed by atoms with E-state index in [1.54, 1.807) is 11.1 Å². The Morgan fingerprint density at radius 1 is 1.24 bits per heavy atom. The summed E-state index contributed by atoms with van der Waals surface area (Å²) in [5.41, 5.74) is 4.61. The number of aryl methyl sites for hydroxylation is 2. The number of fused-ring (bicyclic) bond motifs is 1. The third-order valence-electron chi connectivity index (χ3n) is 5.17. The van der Waals surface area contributed by atoms with E-state index in [2.05, 4.69) is 42.3 Å². The maximum Gasteiger partial charge on any atom is 0.0354 e. The van der Waals surface area contributed by atoms with E-state index in [1.165, 1.54) is 63.7 Å². The topological polar surface area (TPSA) is 15.3 Å². The number of rotatable bonds is 5. The van der Waals surface area contributed by atoms with Crippen LogP contribution in [0, 0.1) is 6.92 Å². The summed E-state index contributed by atoms with van der Waals surface area (Å²) in [7, 11) is 0. The highest BCUT2D eigenvalue weighted by molar-refractivity contribution is 5.37. The quantitative estimate of drug-likeness (QED) is 0.885. The van der Waals surface area contributed by atoms with Crippen molar-refractivity contribution in [2.45, 2.75) is 64.5 Å². The highest BCUT2D eigenvalue weighted by atomic mass is 15.2. The summed E-state index contributed by atoms with van der Waals surface area (Å²) in [6, 6.07) is 8.42. The van der Waals surface area contributed by atoms with Gasteiger partial charge in [-0.25, -0.2) is 0 Å². The van der Waals surface area contributed by atoms with Crippen molar-refractivity contribution in [3.63, 3.8) is 0 Å². The van der Waals surface area contributed by atoms with Crippen molar-refractivity contribution in [2.75, 3.05) is 19.6 Å². The molecule has 1 aliphatic heterocycles. The zero-order chi connectivity index (χ0) is 14.7. The van der Waals surface area contributed by atoms with Crippen LogP contribution in [0.1, 0.15) is 61.8 Å². The van der Waals surface area contributed by atoms with Crippen LogP contribution in [-0.2, 0) is 6.42 Å². The average molecular weight is 286 g/mol. The molecule has 116 valence electrons. The normalized spacial score (nSPS) is 25.3. The predicted octanol–water partition coefficient (Wildman–Crippen LogP) is 3.84. The molecule has 2 heteroatoms. The number of piperidine rings is 1. The van der Waals surface area contributed by atoms with Gasteiger partial charge in [0.05, 0.1) is 0 Å². The molecule has 3 rings (SSSR count). The predicted molar refractivity (Wildman–Crippen MR) is 89.7 cm³/mol. The van der Waals surface area contributed by atoms with Gasteiger partial charge in [0.25, 0.3) is 0 Å². The summed E-state index contributed by atoms with van der Waals surface area (Å²) in [4.78, 5) is 2.76. The molecule has 2 nitrogen and oxygen atoms in total. The van der Waals surface area contributed by atoms with E-state index in [-0.39, 0.29) is 0 Å². The van der Waals surface area contributed by atoms with Gasteiger partial charge in [-0.05, 0) is 63.2 Å². The SMILES string of the molecule is CCCN(CC1CCCCN1)C1CCc2ccc(C)cc21. The van der Waals surface area contributed by atoms with Gasteiger partial charge in [0.15, 0.2) is 0 Å². The number of nitrogens with zero attached hydrogens (tertiary/aromatic N) is 1. The molecule has 1 N–H and O–H groups in total. The Kier molecular flexibility index (Phi) is 4.97. The second-order valence-corrected chi connectivity index (χ2v) is 6.90. The molecule has 1 aromatic rings. The Balaban J connectivity index is 1.74. The molecule has 0 spiro atoms. The van der Waals surface area contributed by atoms with Crippen molar-refractivity contribution in [3.8, 4) is 0 Å². The number of benzene rings is 1. The summed E-state index contributed by atoms with van der Waals surface area (Å²) < 4.78 is 0. The first-order chi connectivity index (χ1) is 10.3. The van der Waals surface area contributed by atoms with E-state index in [9.17, 15) is 0 Å². The Morgan fingerprint density at radius 3 is 2.90 bits per heavy atom. The van der Waals surface area contributed by atoms with Crippen LogP contribution in [0.2, 0.25) is 0 Å². The molecule has 1 fully saturated rings. The smallest absolute Gasteiger partial charge is 0.0354 e. The van der Waals surface area contributed by atoms with Crippen LogP contribution < -0.4 is 5.32 Å². The number of nitrogens with one attached hydrogen (secondary N) is 1. The first-order valence-corrected chi connectivity index (χ1v) is 8.84. The Hall–Kier alpha value is -0.860. The van der Waals surface area contributed by atoms with Crippen LogP contribution in [0.5, 0.6) is 0 Å². The van der Waals surface area contributed by atoms with Crippen molar-refractivity contribution in [3.05, 3.63) is 34.9 Å². The van der Waals surface area contributed by atoms with Crippen molar-refractivity contribution in [1.29, 1.82) is 0 Å². The molecule has 0 saturated carbocycles. The van der Waals surface area contributed by atoms with Crippen LogP contribution in [0.3, 0.4) is 0 Å². The minimum Gasteiger partial charge on any atom is -0.313 e. The summed E-state index contributed by atoms with van der Waals surface area (Å²) in [6.45, 7) is 8.21. The molecule has 1 heterocycles. The maximum absolute atomic E-state index is 3.73. The minimum absolute atomic E-state index is 0.656. The third kappa shape index (κ3) is 3.49. The van der Waals surface area contributed by atoms with E-state index in [4.69, 9.17) is 0 Å². The first kappa shape index (κ1) is 15.1. The summed E-state index contributed by atoms with van der Waals surface area (Å²) in [5.74, 6) is 0. The van der Waals surface area contributed by atoms with Gasteiger partial charge in [-0.3, -0.25) is 4.90 Å². The standard InChI is InChI=1S/C19H30N2/c1-3-12-21(14-17-6-4-5-11-20-17)19-10-9-16-8-7-15(2)13-18(16)19/h7-8,13,17,19-20H,3-6,9-12,14H2,1-2H3. The average Bonchev–Trinajstić information content (AvgIpc) is 2.91. The fourth-order valence-electron chi connectivity index (χ4n) is 4.10. The highest BCUT2D eigenvalue weighted by Gasteiger charge is 2.29. The molecule has 0 radical (unpaired) electrons. The Bertz CT molecular complexity index is 463. The van der Waals surface area contributed by atoms with Crippen LogP contribution in [-0.4, -0.2) is 30.6 Å². The minimum atomic E-state index is 0.656. The molecule has 0 bridgehead atoms. The van der Waals surface area contributed by atoms with Crippen LogP contribution >= 0.6 is 0 Å². The molecule has 1 saturated heterocycles. The number of hydrogen-bond donors (Lipinski definition) is 1. The lowest BCUT2D eigenvalue weighted by molar-refractivity contribution is 0.165. The highest BCUT2D eigenvalue weighted by Crippen LogP contribution is 2.36. The maximum atomic E-state index is 3.73. The fraction of sp³-hybridized carbons (Fsp3) is 0.684. The molecular weight excluding hydrogens is 256 g/mol. The van der Waals surface area contributed by atoms with Gasteiger partial charge in [0.2, 0.25) is 0 Å². The largest absolute Gasteiger partial charge is 0.313 e. The molecule has 0 aromatic heterocycles. The van der Waals surface area contributed by atoms with Crippen molar-refractivity contribution < 1.29 is 0 Å². The van der Waals surface area contributed by atoms with Crippen molar-refractivity contribution in [2.24, 2.45) is 0 Å². The zero-order valence-corrected chi connectivity index (χ0v) is 13.7. The van der Waals surface area contributed by atoms with Crippen LogP contribution in [0.4, 0.5) is 0 Å². The molecule has 1 aromatic carbocycles. The van der Waals surface area contributed by atoms with Crippen molar-refractivity contribution in [1.82, 2.24) is 10.2 Å². The molecule has 1 aliphatic carbocycles. The lowest BCUT2D eigenvalue weighted by Gasteiger charge is -2.34. The molecule has 2 aliphatic rings. The molecule has 0 amide bonds. The molecule has 21 heavy (non-hydrogen) atoms. The van der Waals surface area contributed by atoms with Crippen LogP contribution in [0.15, 0.2) is 18.2 Å². The number of hydrogen-bond acceptors (Lipinski definition) is 2. The van der Waals surface area contributed by atoms with Gasteiger partial charge in [-0.1, -0.05) is 37.1 Å². The van der Waals surface area contributed by atoms with Gasteiger partial charge >= 0.3 is 0 Å². The monoisotopic (exact) mass is 286 g/mol. The third-order valence-corrected chi connectivity index (χ3v) is 5.17. The first-order valence-electron chi connectivity index (χ1n) is 8.84. The Morgan fingerprint density at radius 2 is 2.14 bits per heavy atom. The van der Waals surface area contributed by atoms with E-state index < -0.39 is 0 Å². The molecule has 2 atom stereocenters. The summed E-state index contributed by atoms with van der Waals surface area (Å²) in [5, 5.41) is 3.73. The van der Waals surface area contributed by atoms with Gasteiger partial charge in [0, 0.05) is 18.6 Å².